The second-order valence-electron chi connectivity index (χ2n) is 5.91. The van der Waals surface area contributed by atoms with E-state index in [1.165, 1.54) is 16.4 Å². The van der Waals surface area contributed by atoms with Crippen molar-refractivity contribution in [2.45, 2.75) is 39.2 Å². The number of hydrogen-bond donors (Lipinski definition) is 2. The van der Waals surface area contributed by atoms with Crippen molar-refractivity contribution in [2.24, 2.45) is 0 Å². The molecule has 0 aromatic heterocycles. The molecule has 1 saturated heterocycles. The van der Waals surface area contributed by atoms with E-state index in [0.29, 0.717) is 37.1 Å². The molecule has 1 amide bonds. The normalized spacial score (nSPS) is 18.5. The van der Waals surface area contributed by atoms with Crippen molar-refractivity contribution in [3.63, 3.8) is 0 Å². The Balaban J connectivity index is 2.14. The van der Waals surface area contributed by atoms with Crippen LogP contribution in [-0.2, 0) is 14.8 Å². The van der Waals surface area contributed by atoms with E-state index >= 15 is 0 Å². The molecule has 0 aliphatic carbocycles. The fraction of sp³-hybridized carbons (Fsp3) is 0.500. The Hall–Kier alpha value is -1.93. The van der Waals surface area contributed by atoms with Crippen LogP contribution in [0.15, 0.2) is 18.2 Å². The minimum atomic E-state index is -3.43. The molecule has 132 valence electrons. The summed E-state index contributed by atoms with van der Waals surface area (Å²) in [5.74, 6) is -1.38. The van der Waals surface area contributed by atoms with Crippen LogP contribution in [-0.4, -0.2) is 48.0 Å². The second kappa shape index (κ2) is 7.31. The molecule has 24 heavy (non-hydrogen) atoms. The Kier molecular flexibility index (Phi) is 5.61. The number of amides is 1. The molecule has 8 heteroatoms. The monoisotopic (exact) mass is 354 g/mol. The van der Waals surface area contributed by atoms with Gasteiger partial charge in [-0.15, -0.1) is 0 Å². The highest BCUT2D eigenvalue weighted by molar-refractivity contribution is 7.89. The number of nitrogens with one attached hydrogen (secondary N) is 1. The van der Waals surface area contributed by atoms with Crippen molar-refractivity contribution in [1.29, 1.82) is 0 Å². The smallest absolute Gasteiger partial charge is 0.335 e. The SMILES string of the molecule is CCCS(=O)(=O)N1CCCC1C(=O)Nc1ccc(C(=O)O)c(C)c1. The Labute approximate surface area is 141 Å². The summed E-state index contributed by atoms with van der Waals surface area (Å²) in [5.41, 5.74) is 1.16. The van der Waals surface area contributed by atoms with Crippen LogP contribution in [0.25, 0.3) is 0 Å². The van der Waals surface area contributed by atoms with Crippen molar-refractivity contribution in [2.75, 3.05) is 17.6 Å². The third kappa shape index (κ3) is 3.93. The molecule has 0 bridgehead atoms. The number of aromatic carboxylic acids is 1. The van der Waals surface area contributed by atoms with Crippen LogP contribution >= 0.6 is 0 Å². The van der Waals surface area contributed by atoms with Gasteiger partial charge in [-0.3, -0.25) is 4.79 Å². The number of carboxylic acids is 1. The van der Waals surface area contributed by atoms with E-state index in [2.05, 4.69) is 5.32 Å². The van der Waals surface area contributed by atoms with E-state index < -0.39 is 22.0 Å². The predicted molar refractivity (Wildman–Crippen MR) is 90.6 cm³/mol. The lowest BCUT2D eigenvalue weighted by Gasteiger charge is -2.23. The standard InChI is InChI=1S/C16H22N2O5S/c1-3-9-24(22,23)18-8-4-5-14(18)15(19)17-12-6-7-13(16(20)21)11(2)10-12/h6-7,10,14H,3-5,8-9H2,1-2H3,(H,17,19)(H,20,21). The lowest BCUT2D eigenvalue weighted by atomic mass is 10.1. The fourth-order valence-electron chi connectivity index (χ4n) is 2.92. The van der Waals surface area contributed by atoms with Crippen molar-refractivity contribution < 1.29 is 23.1 Å². The van der Waals surface area contributed by atoms with E-state index in [9.17, 15) is 18.0 Å². The second-order valence-corrected chi connectivity index (χ2v) is 7.95. The number of nitrogens with zero attached hydrogens (tertiary/aromatic N) is 1. The molecule has 1 aromatic rings. The van der Waals surface area contributed by atoms with E-state index in [1.807, 2.05) is 0 Å². The zero-order valence-electron chi connectivity index (χ0n) is 13.8. The van der Waals surface area contributed by atoms with Crippen LogP contribution in [0.2, 0.25) is 0 Å². The zero-order chi connectivity index (χ0) is 17.9. The summed E-state index contributed by atoms with van der Waals surface area (Å²) in [6.07, 6.45) is 1.64. The number of carbonyl (C=O) groups excluding carboxylic acids is 1. The van der Waals surface area contributed by atoms with Gasteiger partial charge in [0.1, 0.15) is 6.04 Å². The summed E-state index contributed by atoms with van der Waals surface area (Å²) in [5, 5.41) is 11.7. The Morgan fingerprint density at radius 1 is 1.38 bits per heavy atom. The van der Waals surface area contributed by atoms with Crippen molar-refractivity contribution in [3.05, 3.63) is 29.3 Å². The maximum Gasteiger partial charge on any atom is 0.335 e. The van der Waals surface area contributed by atoms with Gasteiger partial charge in [-0.1, -0.05) is 6.92 Å². The highest BCUT2D eigenvalue weighted by Crippen LogP contribution is 2.24. The summed E-state index contributed by atoms with van der Waals surface area (Å²) >= 11 is 0. The van der Waals surface area contributed by atoms with Crippen molar-refractivity contribution >= 4 is 27.6 Å². The van der Waals surface area contributed by atoms with E-state index in [-0.39, 0.29) is 17.2 Å². The fourth-order valence-corrected chi connectivity index (χ4v) is 4.66. The number of hydrogen-bond acceptors (Lipinski definition) is 4. The average Bonchev–Trinajstić information content (AvgIpc) is 2.97. The average molecular weight is 354 g/mol. The summed E-state index contributed by atoms with van der Waals surface area (Å²) in [6, 6.07) is 3.80. The van der Waals surface area contributed by atoms with Gasteiger partial charge in [0.25, 0.3) is 0 Å². The summed E-state index contributed by atoms with van der Waals surface area (Å²) in [6.45, 7) is 3.79. The van der Waals surface area contributed by atoms with E-state index in [1.54, 1.807) is 19.9 Å². The molecule has 1 fully saturated rings. The summed E-state index contributed by atoms with van der Waals surface area (Å²) in [7, 11) is -3.43. The third-order valence-electron chi connectivity index (χ3n) is 4.05. The molecule has 1 aromatic carbocycles. The minimum absolute atomic E-state index is 0.0309. The van der Waals surface area contributed by atoms with Gasteiger partial charge in [-0.25, -0.2) is 13.2 Å². The van der Waals surface area contributed by atoms with Crippen LogP contribution in [0.4, 0.5) is 5.69 Å². The van der Waals surface area contributed by atoms with Gasteiger partial charge in [0, 0.05) is 12.2 Å². The number of rotatable bonds is 6. The molecule has 1 aliphatic heterocycles. The highest BCUT2D eigenvalue weighted by atomic mass is 32.2. The first-order valence-corrected chi connectivity index (χ1v) is 9.51. The van der Waals surface area contributed by atoms with Gasteiger partial charge in [0.2, 0.25) is 15.9 Å². The van der Waals surface area contributed by atoms with Crippen LogP contribution in [0.5, 0.6) is 0 Å². The van der Waals surface area contributed by atoms with Gasteiger partial charge in [-0.05, 0) is 49.9 Å². The lowest BCUT2D eigenvalue weighted by Crippen LogP contribution is -2.44. The molecular formula is C16H22N2O5S. The van der Waals surface area contributed by atoms with E-state index in [0.717, 1.165) is 0 Å². The van der Waals surface area contributed by atoms with Crippen molar-refractivity contribution in [3.8, 4) is 0 Å². The van der Waals surface area contributed by atoms with Gasteiger partial charge in [-0.2, -0.15) is 4.31 Å². The summed E-state index contributed by atoms with van der Waals surface area (Å²) < 4.78 is 25.8. The number of carbonyl (C=O) groups is 2. The first-order valence-electron chi connectivity index (χ1n) is 7.90. The molecule has 0 radical (unpaired) electrons. The number of sulfonamides is 1. The molecule has 2 rings (SSSR count). The first-order chi connectivity index (χ1) is 11.3. The molecule has 7 nitrogen and oxygen atoms in total. The van der Waals surface area contributed by atoms with Gasteiger partial charge >= 0.3 is 5.97 Å². The number of anilines is 1. The lowest BCUT2D eigenvalue weighted by molar-refractivity contribution is -0.119. The van der Waals surface area contributed by atoms with Crippen LogP contribution in [0, 0.1) is 6.92 Å². The summed E-state index contributed by atoms with van der Waals surface area (Å²) in [4.78, 5) is 23.5. The highest BCUT2D eigenvalue weighted by Gasteiger charge is 2.38. The maximum atomic E-state index is 12.5. The predicted octanol–water partition coefficient (Wildman–Crippen LogP) is 1.84. The molecule has 1 heterocycles. The minimum Gasteiger partial charge on any atom is -0.478 e. The number of benzene rings is 1. The Morgan fingerprint density at radius 2 is 2.08 bits per heavy atom. The van der Waals surface area contributed by atoms with E-state index in [4.69, 9.17) is 5.11 Å². The third-order valence-corrected chi connectivity index (χ3v) is 6.13. The van der Waals surface area contributed by atoms with Crippen LogP contribution in [0.1, 0.15) is 42.1 Å². The molecular weight excluding hydrogens is 332 g/mol. The molecule has 1 atom stereocenters. The van der Waals surface area contributed by atoms with Gasteiger partial charge in [0.05, 0.1) is 11.3 Å². The Bertz CT molecular complexity index is 745. The van der Waals surface area contributed by atoms with Crippen LogP contribution < -0.4 is 5.32 Å². The molecule has 0 saturated carbocycles. The van der Waals surface area contributed by atoms with Crippen molar-refractivity contribution in [1.82, 2.24) is 4.31 Å². The van der Waals surface area contributed by atoms with Gasteiger partial charge in [0.15, 0.2) is 0 Å². The molecule has 2 N–H and O–H groups in total. The maximum absolute atomic E-state index is 12.5. The molecule has 1 aliphatic rings. The number of aryl methyl sites for hydroxylation is 1. The van der Waals surface area contributed by atoms with Gasteiger partial charge < -0.3 is 10.4 Å². The van der Waals surface area contributed by atoms with Crippen LogP contribution in [0.3, 0.4) is 0 Å². The first kappa shape index (κ1) is 18.4. The topological polar surface area (TPSA) is 104 Å². The zero-order valence-corrected chi connectivity index (χ0v) is 14.6. The Morgan fingerprint density at radius 3 is 2.67 bits per heavy atom. The molecule has 1 unspecified atom stereocenters. The number of carboxylic acid groups (broad SMARTS) is 1. The quantitative estimate of drug-likeness (QED) is 0.811. The molecule has 0 spiro atoms. The largest absolute Gasteiger partial charge is 0.478 e.